The van der Waals surface area contributed by atoms with Crippen LogP contribution in [0.25, 0.3) is 0 Å². The first-order valence-electron chi connectivity index (χ1n) is 8.79. The van der Waals surface area contributed by atoms with Crippen LogP contribution < -0.4 is 5.73 Å². The molecule has 7 heteroatoms. The molecule has 1 aromatic carbocycles. The quantitative estimate of drug-likeness (QED) is 0.748. The van der Waals surface area contributed by atoms with Gasteiger partial charge in [-0.05, 0) is 25.5 Å². The Bertz CT molecular complexity index is 767. The molecule has 1 aliphatic heterocycles. The molecule has 26 heavy (non-hydrogen) atoms. The minimum Gasteiger partial charge on any atom is -0.508 e. The van der Waals surface area contributed by atoms with E-state index >= 15 is 0 Å². The number of carbonyl (C=O) groups is 3. The first kappa shape index (κ1) is 18.2. The van der Waals surface area contributed by atoms with Crippen LogP contribution in [0.4, 0.5) is 0 Å². The fraction of sp³-hybridized carbons (Fsp3) is 0.526. The van der Waals surface area contributed by atoms with Gasteiger partial charge in [0.1, 0.15) is 17.4 Å². The van der Waals surface area contributed by atoms with Crippen molar-refractivity contribution in [3.05, 3.63) is 29.3 Å². The van der Waals surface area contributed by atoms with E-state index in [1.165, 1.54) is 11.0 Å². The van der Waals surface area contributed by atoms with Gasteiger partial charge in [-0.25, -0.2) is 0 Å². The lowest BCUT2D eigenvalue weighted by Crippen LogP contribution is -2.45. The Balaban J connectivity index is 1.66. The fourth-order valence-electron chi connectivity index (χ4n) is 3.72. The van der Waals surface area contributed by atoms with E-state index in [1.54, 1.807) is 12.1 Å². The summed E-state index contributed by atoms with van der Waals surface area (Å²) in [6.07, 6.45) is 0.0856. The molecule has 2 aliphatic rings. The summed E-state index contributed by atoms with van der Waals surface area (Å²) in [5.41, 5.74) is 5.85. The molecule has 2 amide bonds. The van der Waals surface area contributed by atoms with Crippen molar-refractivity contribution in [2.45, 2.75) is 51.8 Å². The number of carbonyl (C=O) groups excluding carboxylic acids is 3. The summed E-state index contributed by atoms with van der Waals surface area (Å²) in [5.74, 6) is -0.845. The Morgan fingerprint density at radius 3 is 2.58 bits per heavy atom. The van der Waals surface area contributed by atoms with Gasteiger partial charge in [-0.3, -0.25) is 14.4 Å². The molecule has 1 aliphatic carbocycles. The summed E-state index contributed by atoms with van der Waals surface area (Å²) in [6.45, 7) is 6.04. The number of benzene rings is 1. The van der Waals surface area contributed by atoms with Crippen LogP contribution in [0, 0.1) is 11.8 Å². The Kier molecular flexibility index (Phi) is 4.42. The number of ether oxygens (including phenoxy) is 1. The molecule has 1 heterocycles. The van der Waals surface area contributed by atoms with Gasteiger partial charge in [-0.1, -0.05) is 19.9 Å². The third-order valence-corrected chi connectivity index (χ3v) is 6.08. The number of esters is 1. The standard InChI is InChI=1S/C19H24N2O5/c1-10-11(2)19(10,3)26-16(23)8-7-14(17(20)24)21-9-13-12(18(21)25)5-4-6-15(13)22/h4-6,10-11,14,22H,7-9H2,1-3H3,(H2,20,24)/t10-,11?,14-,19?/m0/s1. The molecule has 4 atom stereocenters. The molecule has 0 spiro atoms. The number of aromatic hydroxyl groups is 1. The zero-order valence-electron chi connectivity index (χ0n) is 15.2. The van der Waals surface area contributed by atoms with Crippen molar-refractivity contribution in [1.82, 2.24) is 4.90 Å². The van der Waals surface area contributed by atoms with Crippen LogP contribution in [-0.2, 0) is 20.9 Å². The number of nitrogens with zero attached hydrogens (tertiary/aromatic N) is 1. The Morgan fingerprint density at radius 1 is 1.38 bits per heavy atom. The van der Waals surface area contributed by atoms with Crippen molar-refractivity contribution >= 4 is 17.8 Å². The molecule has 0 bridgehead atoms. The number of nitrogens with two attached hydrogens (primary N) is 1. The minimum absolute atomic E-state index is 0.00520. The zero-order valence-corrected chi connectivity index (χ0v) is 15.2. The van der Waals surface area contributed by atoms with Crippen LogP contribution in [0.3, 0.4) is 0 Å². The molecular weight excluding hydrogens is 336 g/mol. The molecule has 1 saturated carbocycles. The SMILES string of the molecule is CC1[C@H](C)C1(C)OC(=O)CC[C@@H](C(N)=O)N1Cc2c(O)cccc2C1=O. The Hall–Kier alpha value is -2.57. The van der Waals surface area contributed by atoms with Crippen molar-refractivity contribution < 1.29 is 24.2 Å². The number of primary amides is 1. The lowest BCUT2D eigenvalue weighted by Gasteiger charge is -2.25. The molecule has 3 N–H and O–H groups in total. The molecular formula is C19H24N2O5. The molecule has 0 saturated heterocycles. The van der Waals surface area contributed by atoms with Gasteiger partial charge in [0.25, 0.3) is 5.91 Å². The summed E-state index contributed by atoms with van der Waals surface area (Å²) in [7, 11) is 0. The number of fused-ring (bicyclic) bond motifs is 1. The maximum Gasteiger partial charge on any atom is 0.306 e. The zero-order chi connectivity index (χ0) is 19.2. The van der Waals surface area contributed by atoms with Gasteiger partial charge in [0.15, 0.2) is 0 Å². The van der Waals surface area contributed by atoms with E-state index in [1.807, 2.05) is 20.8 Å². The third kappa shape index (κ3) is 2.91. The molecule has 140 valence electrons. The largest absolute Gasteiger partial charge is 0.508 e. The van der Waals surface area contributed by atoms with Crippen molar-refractivity contribution in [2.75, 3.05) is 0 Å². The average molecular weight is 360 g/mol. The monoisotopic (exact) mass is 360 g/mol. The minimum atomic E-state index is -0.927. The van der Waals surface area contributed by atoms with Crippen molar-refractivity contribution in [3.8, 4) is 5.75 Å². The highest BCUT2D eigenvalue weighted by atomic mass is 16.6. The van der Waals surface area contributed by atoms with Crippen molar-refractivity contribution in [2.24, 2.45) is 17.6 Å². The highest BCUT2D eigenvalue weighted by Gasteiger charge is 2.59. The highest BCUT2D eigenvalue weighted by molar-refractivity contribution is 6.01. The molecule has 0 aromatic heterocycles. The topological polar surface area (TPSA) is 110 Å². The second-order valence-corrected chi connectivity index (χ2v) is 7.43. The average Bonchev–Trinajstić information content (AvgIpc) is 2.90. The van der Waals surface area contributed by atoms with Crippen molar-refractivity contribution in [3.63, 3.8) is 0 Å². The highest BCUT2D eigenvalue weighted by Crippen LogP contribution is 2.52. The fourth-order valence-corrected chi connectivity index (χ4v) is 3.72. The number of phenols is 1. The number of hydrogen-bond acceptors (Lipinski definition) is 5. The van der Waals surface area contributed by atoms with Crippen molar-refractivity contribution in [1.29, 1.82) is 0 Å². The van der Waals surface area contributed by atoms with E-state index in [2.05, 4.69) is 0 Å². The van der Waals surface area contributed by atoms with E-state index < -0.39 is 23.5 Å². The number of hydrogen-bond donors (Lipinski definition) is 2. The molecule has 2 unspecified atom stereocenters. The smallest absolute Gasteiger partial charge is 0.306 e. The van der Waals surface area contributed by atoms with Crippen LogP contribution in [0.15, 0.2) is 18.2 Å². The number of phenolic OH excluding ortho intramolecular Hbond substituents is 1. The van der Waals surface area contributed by atoms with Gasteiger partial charge in [0, 0.05) is 29.4 Å². The second kappa shape index (κ2) is 6.30. The van der Waals surface area contributed by atoms with Gasteiger partial charge < -0.3 is 20.5 Å². The van der Waals surface area contributed by atoms with Crippen LogP contribution in [0.1, 0.15) is 49.5 Å². The normalized spacial score (nSPS) is 27.8. The molecule has 1 fully saturated rings. The van der Waals surface area contributed by atoms with E-state index in [0.717, 1.165) is 0 Å². The van der Waals surface area contributed by atoms with E-state index in [0.29, 0.717) is 23.0 Å². The molecule has 0 radical (unpaired) electrons. The summed E-state index contributed by atoms with van der Waals surface area (Å²) in [5, 5.41) is 9.92. The Morgan fingerprint density at radius 2 is 2.04 bits per heavy atom. The lowest BCUT2D eigenvalue weighted by atomic mass is 10.1. The predicted octanol–water partition coefficient (Wildman–Crippen LogP) is 1.57. The summed E-state index contributed by atoms with van der Waals surface area (Å²) < 4.78 is 5.54. The predicted molar refractivity (Wildman–Crippen MR) is 93.0 cm³/mol. The van der Waals surface area contributed by atoms with Gasteiger partial charge in [-0.2, -0.15) is 0 Å². The first-order valence-corrected chi connectivity index (χ1v) is 8.79. The molecule has 3 rings (SSSR count). The number of amides is 2. The van der Waals surface area contributed by atoms with Crippen LogP contribution in [-0.4, -0.2) is 39.4 Å². The first-order chi connectivity index (χ1) is 12.2. The van der Waals surface area contributed by atoms with Gasteiger partial charge in [0.2, 0.25) is 5.91 Å². The van der Waals surface area contributed by atoms with E-state index in [9.17, 15) is 19.5 Å². The van der Waals surface area contributed by atoms with Crippen LogP contribution in [0.2, 0.25) is 0 Å². The maximum absolute atomic E-state index is 12.6. The lowest BCUT2D eigenvalue weighted by molar-refractivity contribution is -0.152. The van der Waals surface area contributed by atoms with Gasteiger partial charge in [0.05, 0.1) is 6.54 Å². The Labute approximate surface area is 152 Å². The molecule has 1 aromatic rings. The maximum atomic E-state index is 12.6. The summed E-state index contributed by atoms with van der Waals surface area (Å²) in [4.78, 5) is 37.9. The van der Waals surface area contributed by atoms with E-state index in [-0.39, 0.29) is 31.0 Å². The number of rotatable bonds is 6. The van der Waals surface area contributed by atoms with Gasteiger partial charge >= 0.3 is 5.97 Å². The molecule has 7 nitrogen and oxygen atoms in total. The van der Waals surface area contributed by atoms with Crippen LogP contribution in [0.5, 0.6) is 5.75 Å². The summed E-state index contributed by atoms with van der Waals surface area (Å²) in [6, 6.07) is 3.74. The van der Waals surface area contributed by atoms with E-state index in [4.69, 9.17) is 10.5 Å². The van der Waals surface area contributed by atoms with Gasteiger partial charge in [-0.15, -0.1) is 0 Å². The van der Waals surface area contributed by atoms with Crippen LogP contribution >= 0.6 is 0 Å². The summed E-state index contributed by atoms with van der Waals surface area (Å²) >= 11 is 0. The third-order valence-electron chi connectivity index (χ3n) is 6.08. The second-order valence-electron chi connectivity index (χ2n) is 7.43.